The van der Waals surface area contributed by atoms with Gasteiger partial charge in [0, 0.05) is 18.2 Å². The van der Waals surface area contributed by atoms with Crippen LogP contribution in [0.3, 0.4) is 0 Å². The lowest BCUT2D eigenvalue weighted by Crippen LogP contribution is -2.24. The second-order valence-electron chi connectivity index (χ2n) is 4.55. The number of nitrogens with zero attached hydrogens (tertiary/aromatic N) is 1. The molecule has 1 amide bonds. The Morgan fingerprint density at radius 3 is 2.90 bits per heavy atom. The van der Waals surface area contributed by atoms with Crippen molar-refractivity contribution in [1.29, 1.82) is 0 Å². The molecule has 1 aromatic carbocycles. The molecule has 6 heteroatoms. The molecule has 0 spiro atoms. The summed E-state index contributed by atoms with van der Waals surface area (Å²) in [4.78, 5) is 14.7. The number of amides is 1. The minimum absolute atomic E-state index is 0.0135. The molecule has 1 aromatic rings. The van der Waals surface area contributed by atoms with Crippen LogP contribution in [0.2, 0.25) is 0 Å². The van der Waals surface area contributed by atoms with Gasteiger partial charge in [-0.2, -0.15) is 0 Å². The van der Waals surface area contributed by atoms with Crippen molar-refractivity contribution in [2.24, 2.45) is 0 Å². The van der Waals surface area contributed by atoms with Gasteiger partial charge in [-0.25, -0.2) is 0 Å². The number of fused-ring (bicyclic) bond motifs is 1. The van der Waals surface area contributed by atoms with Crippen LogP contribution in [-0.2, 0) is 4.79 Å². The number of benzene rings is 1. The number of rotatable bonds is 4. The molecule has 0 aliphatic carbocycles. The van der Waals surface area contributed by atoms with Crippen LogP contribution in [0.15, 0.2) is 29.7 Å². The van der Waals surface area contributed by atoms with Gasteiger partial charge < -0.3 is 19.1 Å². The first-order valence-corrected chi connectivity index (χ1v) is 7.44. The molecule has 5 nitrogen and oxygen atoms in total. The summed E-state index contributed by atoms with van der Waals surface area (Å²) in [6.07, 6.45) is 3.55. The molecule has 21 heavy (non-hydrogen) atoms. The molecule has 0 aromatic heterocycles. The van der Waals surface area contributed by atoms with Gasteiger partial charge in [-0.3, -0.25) is 4.79 Å². The molecule has 3 rings (SSSR count). The van der Waals surface area contributed by atoms with E-state index in [1.807, 2.05) is 12.1 Å². The Kier molecular flexibility index (Phi) is 3.79. The molecule has 0 saturated carbocycles. The minimum Gasteiger partial charge on any atom is -0.496 e. The van der Waals surface area contributed by atoms with E-state index in [9.17, 15) is 4.79 Å². The van der Waals surface area contributed by atoms with Gasteiger partial charge >= 0.3 is 0 Å². The van der Waals surface area contributed by atoms with Crippen molar-refractivity contribution in [3.8, 4) is 17.2 Å². The zero-order valence-electron chi connectivity index (χ0n) is 11.6. The number of hydrogen-bond acceptors (Lipinski definition) is 5. The first-order chi connectivity index (χ1) is 10.2. The third-order valence-corrected chi connectivity index (χ3v) is 4.28. The molecule has 0 unspecified atom stereocenters. The van der Waals surface area contributed by atoms with Crippen molar-refractivity contribution in [3.63, 3.8) is 0 Å². The Labute approximate surface area is 127 Å². The minimum atomic E-state index is 0.0135. The Hall–Kier alpha value is -2.08. The van der Waals surface area contributed by atoms with E-state index in [2.05, 4.69) is 6.58 Å². The van der Waals surface area contributed by atoms with Gasteiger partial charge in [0.1, 0.15) is 5.75 Å². The lowest BCUT2D eigenvalue weighted by atomic mass is 10.1. The van der Waals surface area contributed by atoms with Crippen molar-refractivity contribution in [2.75, 3.05) is 26.3 Å². The summed E-state index contributed by atoms with van der Waals surface area (Å²) >= 11 is 1.51. The summed E-state index contributed by atoms with van der Waals surface area (Å²) in [5.41, 5.74) is 0.804. The van der Waals surface area contributed by atoms with Crippen molar-refractivity contribution in [2.45, 2.75) is 0 Å². The number of thioether (sulfide) groups is 1. The van der Waals surface area contributed by atoms with Crippen molar-refractivity contribution in [1.82, 2.24) is 4.90 Å². The zero-order valence-corrected chi connectivity index (χ0v) is 12.4. The van der Waals surface area contributed by atoms with Crippen LogP contribution in [0, 0.1) is 0 Å². The third kappa shape index (κ3) is 2.58. The third-order valence-electron chi connectivity index (χ3n) is 3.23. The average molecular weight is 305 g/mol. The highest BCUT2D eigenvalue weighted by atomic mass is 32.2. The highest BCUT2D eigenvalue weighted by molar-refractivity contribution is 8.04. The number of methoxy groups -OCH3 is 1. The fourth-order valence-corrected chi connectivity index (χ4v) is 3.17. The van der Waals surface area contributed by atoms with E-state index in [0.717, 1.165) is 5.56 Å². The van der Waals surface area contributed by atoms with E-state index in [1.54, 1.807) is 24.2 Å². The van der Waals surface area contributed by atoms with Gasteiger partial charge in [-0.05, 0) is 12.1 Å². The van der Waals surface area contributed by atoms with Crippen molar-refractivity contribution < 1.29 is 19.0 Å². The van der Waals surface area contributed by atoms with E-state index in [0.29, 0.717) is 34.6 Å². The van der Waals surface area contributed by atoms with Crippen LogP contribution in [0.25, 0.3) is 6.08 Å². The summed E-state index contributed by atoms with van der Waals surface area (Å²) in [6, 6.07) is 3.61. The molecule has 2 heterocycles. The van der Waals surface area contributed by atoms with Gasteiger partial charge in [-0.1, -0.05) is 17.8 Å². The standard InChI is InChI=1S/C15H15NO4S/c1-3-4-16-8-21-14(15(16)17)6-10-5-12-13(20-9-19-12)7-11(10)18-2/h3,5-7H,1,4,8-9H2,2H3/b14-6-. The molecule has 2 aliphatic heterocycles. The fraction of sp³-hybridized carbons (Fsp3) is 0.267. The quantitative estimate of drug-likeness (QED) is 0.632. The second kappa shape index (κ2) is 5.73. The van der Waals surface area contributed by atoms with Crippen molar-refractivity contribution in [3.05, 3.63) is 35.3 Å². The topological polar surface area (TPSA) is 48.0 Å². The normalized spacial score (nSPS) is 18.4. The van der Waals surface area contributed by atoms with E-state index < -0.39 is 0 Å². The monoisotopic (exact) mass is 305 g/mol. The predicted molar refractivity (Wildman–Crippen MR) is 81.5 cm³/mol. The van der Waals surface area contributed by atoms with Gasteiger partial charge in [0.15, 0.2) is 11.5 Å². The predicted octanol–water partition coefficient (Wildman–Crippen LogP) is 2.48. The lowest BCUT2D eigenvalue weighted by Gasteiger charge is -2.10. The molecular formula is C15H15NO4S. The molecule has 1 fully saturated rings. The Morgan fingerprint density at radius 1 is 1.43 bits per heavy atom. The fourth-order valence-electron chi connectivity index (χ4n) is 2.19. The highest BCUT2D eigenvalue weighted by Crippen LogP contribution is 2.40. The Morgan fingerprint density at radius 2 is 2.19 bits per heavy atom. The van der Waals surface area contributed by atoms with E-state index in [-0.39, 0.29) is 12.7 Å². The Balaban J connectivity index is 1.92. The smallest absolute Gasteiger partial charge is 0.261 e. The number of hydrogen-bond donors (Lipinski definition) is 0. The maximum atomic E-state index is 12.2. The van der Waals surface area contributed by atoms with Crippen LogP contribution < -0.4 is 14.2 Å². The SMILES string of the molecule is C=CCN1CS/C(=C\c2cc3c(cc2OC)OCO3)C1=O. The maximum Gasteiger partial charge on any atom is 0.261 e. The van der Waals surface area contributed by atoms with Gasteiger partial charge in [0.05, 0.1) is 17.9 Å². The average Bonchev–Trinajstić information content (AvgIpc) is 3.07. The van der Waals surface area contributed by atoms with Crippen LogP contribution in [0.5, 0.6) is 17.2 Å². The Bertz CT molecular complexity index is 626. The van der Waals surface area contributed by atoms with E-state index in [4.69, 9.17) is 14.2 Å². The molecule has 0 radical (unpaired) electrons. The summed E-state index contributed by atoms with van der Waals surface area (Å²) < 4.78 is 16.0. The van der Waals surface area contributed by atoms with Gasteiger partial charge in [-0.15, -0.1) is 6.58 Å². The largest absolute Gasteiger partial charge is 0.496 e. The number of ether oxygens (including phenoxy) is 3. The van der Waals surface area contributed by atoms with Gasteiger partial charge in [0.2, 0.25) is 6.79 Å². The van der Waals surface area contributed by atoms with E-state index in [1.165, 1.54) is 11.8 Å². The second-order valence-corrected chi connectivity index (χ2v) is 5.53. The van der Waals surface area contributed by atoms with Crippen LogP contribution in [0.1, 0.15) is 5.56 Å². The molecule has 1 saturated heterocycles. The van der Waals surface area contributed by atoms with E-state index >= 15 is 0 Å². The first-order valence-electron chi connectivity index (χ1n) is 6.45. The van der Waals surface area contributed by atoms with Crippen molar-refractivity contribution >= 4 is 23.7 Å². The molecule has 0 atom stereocenters. The summed E-state index contributed by atoms with van der Waals surface area (Å²) in [5, 5.41) is 0. The lowest BCUT2D eigenvalue weighted by molar-refractivity contribution is -0.124. The molecule has 0 bridgehead atoms. The molecular weight excluding hydrogens is 290 g/mol. The molecule has 2 aliphatic rings. The maximum absolute atomic E-state index is 12.2. The summed E-state index contributed by atoms with van der Waals surface area (Å²) in [7, 11) is 1.59. The number of carbonyl (C=O) groups is 1. The number of carbonyl (C=O) groups excluding carboxylic acids is 1. The summed E-state index contributed by atoms with van der Waals surface area (Å²) in [5.74, 6) is 2.64. The zero-order chi connectivity index (χ0) is 14.8. The first kappa shape index (κ1) is 13.9. The molecule has 0 N–H and O–H groups in total. The van der Waals surface area contributed by atoms with Crippen LogP contribution >= 0.6 is 11.8 Å². The molecule has 110 valence electrons. The van der Waals surface area contributed by atoms with Crippen LogP contribution in [0.4, 0.5) is 0 Å². The van der Waals surface area contributed by atoms with Crippen LogP contribution in [-0.4, -0.2) is 37.1 Å². The highest BCUT2D eigenvalue weighted by Gasteiger charge is 2.26. The van der Waals surface area contributed by atoms with Gasteiger partial charge in [0.25, 0.3) is 5.91 Å². The summed E-state index contributed by atoms with van der Waals surface area (Å²) in [6.45, 7) is 4.43.